The van der Waals surface area contributed by atoms with Crippen LogP contribution < -0.4 is 4.74 Å². The second-order valence-corrected chi connectivity index (χ2v) is 6.52. The standard InChI is InChI=1S/C16H19ClN2O6/c1-9-3-4-11(16(21)22)8-18(9)15(20)10(2)25-14-6-5-12(17)7-13(14)19(23)24/h5-7,9-11H,3-4,8H2,1-2H3,(H,21,22). The molecule has 8 nitrogen and oxygen atoms in total. The number of aliphatic carboxylic acids is 1. The number of carboxylic acid groups (broad SMARTS) is 1. The molecule has 9 heteroatoms. The predicted octanol–water partition coefficient (Wildman–Crippen LogP) is 2.73. The summed E-state index contributed by atoms with van der Waals surface area (Å²) >= 11 is 5.76. The second-order valence-electron chi connectivity index (χ2n) is 6.08. The summed E-state index contributed by atoms with van der Waals surface area (Å²) in [7, 11) is 0. The molecule has 1 fully saturated rings. The van der Waals surface area contributed by atoms with Crippen LogP contribution in [0.4, 0.5) is 5.69 Å². The first-order valence-corrected chi connectivity index (χ1v) is 8.22. The van der Waals surface area contributed by atoms with E-state index in [1.807, 2.05) is 6.92 Å². The zero-order valence-electron chi connectivity index (χ0n) is 13.8. The number of rotatable bonds is 5. The number of halogens is 1. The Labute approximate surface area is 149 Å². The number of ether oxygens (including phenoxy) is 1. The van der Waals surface area contributed by atoms with E-state index in [0.29, 0.717) is 12.8 Å². The number of amides is 1. The number of carbonyl (C=O) groups is 2. The maximum absolute atomic E-state index is 12.6. The molecule has 1 saturated heterocycles. The van der Waals surface area contributed by atoms with Crippen LogP contribution in [0.2, 0.25) is 5.02 Å². The molecule has 0 radical (unpaired) electrons. The van der Waals surface area contributed by atoms with Gasteiger partial charge in [-0.05, 0) is 38.8 Å². The molecule has 1 heterocycles. The highest BCUT2D eigenvalue weighted by Gasteiger charge is 2.35. The SMILES string of the molecule is CC(Oc1ccc(Cl)cc1[N+](=O)[O-])C(=O)N1CC(C(=O)O)CCC1C. The van der Waals surface area contributed by atoms with Gasteiger partial charge in [-0.15, -0.1) is 0 Å². The van der Waals surface area contributed by atoms with Crippen molar-refractivity contribution >= 4 is 29.2 Å². The van der Waals surface area contributed by atoms with Crippen LogP contribution in [-0.4, -0.2) is 45.5 Å². The van der Waals surface area contributed by atoms with Crippen molar-refractivity contribution in [3.05, 3.63) is 33.3 Å². The molecule has 1 aliphatic rings. The van der Waals surface area contributed by atoms with E-state index in [1.165, 1.54) is 24.0 Å². The molecular formula is C16H19ClN2O6. The smallest absolute Gasteiger partial charge is 0.312 e. The molecule has 3 unspecified atom stereocenters. The van der Waals surface area contributed by atoms with Gasteiger partial charge in [0.2, 0.25) is 0 Å². The van der Waals surface area contributed by atoms with Crippen LogP contribution in [0, 0.1) is 16.0 Å². The molecule has 2 rings (SSSR count). The minimum absolute atomic E-state index is 0.0605. The number of likely N-dealkylation sites (tertiary alicyclic amines) is 1. The lowest BCUT2D eigenvalue weighted by Crippen LogP contribution is -2.51. The molecule has 0 saturated carbocycles. The Morgan fingerprint density at radius 1 is 1.44 bits per heavy atom. The first-order valence-electron chi connectivity index (χ1n) is 7.84. The molecule has 1 aromatic carbocycles. The van der Waals surface area contributed by atoms with E-state index in [4.69, 9.17) is 21.4 Å². The first kappa shape index (κ1) is 19.0. The summed E-state index contributed by atoms with van der Waals surface area (Å²) in [6, 6.07) is 3.81. The van der Waals surface area contributed by atoms with E-state index in [2.05, 4.69) is 0 Å². The fourth-order valence-corrected chi connectivity index (χ4v) is 2.99. The molecule has 136 valence electrons. The molecule has 0 aromatic heterocycles. The van der Waals surface area contributed by atoms with Gasteiger partial charge in [0.15, 0.2) is 11.9 Å². The van der Waals surface area contributed by atoms with Gasteiger partial charge in [0.1, 0.15) is 0 Å². The van der Waals surface area contributed by atoms with E-state index >= 15 is 0 Å². The number of piperidine rings is 1. The summed E-state index contributed by atoms with van der Waals surface area (Å²) in [5, 5.41) is 20.5. The van der Waals surface area contributed by atoms with Crippen molar-refractivity contribution in [2.75, 3.05) is 6.54 Å². The number of carbonyl (C=O) groups excluding carboxylic acids is 1. The largest absolute Gasteiger partial charge is 0.481 e. The molecule has 0 bridgehead atoms. The Balaban J connectivity index is 2.15. The van der Waals surface area contributed by atoms with Gasteiger partial charge in [-0.2, -0.15) is 0 Å². The van der Waals surface area contributed by atoms with Gasteiger partial charge in [-0.1, -0.05) is 11.6 Å². The average Bonchev–Trinajstić information content (AvgIpc) is 2.55. The van der Waals surface area contributed by atoms with Crippen LogP contribution in [0.5, 0.6) is 5.75 Å². The van der Waals surface area contributed by atoms with Crippen molar-refractivity contribution in [1.82, 2.24) is 4.90 Å². The number of nitro benzene ring substituents is 1. The van der Waals surface area contributed by atoms with Gasteiger partial charge in [-0.25, -0.2) is 0 Å². The highest BCUT2D eigenvalue weighted by Crippen LogP contribution is 2.31. The highest BCUT2D eigenvalue weighted by molar-refractivity contribution is 6.30. The van der Waals surface area contributed by atoms with Crippen molar-refractivity contribution < 1.29 is 24.4 Å². The maximum Gasteiger partial charge on any atom is 0.312 e. The topological polar surface area (TPSA) is 110 Å². The Morgan fingerprint density at radius 2 is 2.12 bits per heavy atom. The Morgan fingerprint density at radius 3 is 2.72 bits per heavy atom. The number of benzene rings is 1. The Hall–Kier alpha value is -2.35. The first-order chi connectivity index (χ1) is 11.7. The molecule has 0 spiro atoms. The molecular weight excluding hydrogens is 352 g/mol. The average molecular weight is 371 g/mol. The van der Waals surface area contributed by atoms with Crippen LogP contribution in [-0.2, 0) is 9.59 Å². The van der Waals surface area contributed by atoms with Crippen LogP contribution in [0.3, 0.4) is 0 Å². The van der Waals surface area contributed by atoms with Crippen molar-refractivity contribution in [2.45, 2.75) is 38.8 Å². The quantitative estimate of drug-likeness (QED) is 0.630. The highest BCUT2D eigenvalue weighted by atomic mass is 35.5. The molecule has 1 N–H and O–H groups in total. The second kappa shape index (κ2) is 7.69. The predicted molar refractivity (Wildman–Crippen MR) is 89.7 cm³/mol. The monoisotopic (exact) mass is 370 g/mol. The number of hydrogen-bond acceptors (Lipinski definition) is 5. The lowest BCUT2D eigenvalue weighted by molar-refractivity contribution is -0.386. The number of nitrogens with zero attached hydrogens (tertiary/aromatic N) is 2. The summed E-state index contributed by atoms with van der Waals surface area (Å²) in [5.41, 5.74) is -0.331. The summed E-state index contributed by atoms with van der Waals surface area (Å²) in [4.78, 5) is 35.8. The van der Waals surface area contributed by atoms with Crippen LogP contribution in [0.15, 0.2) is 18.2 Å². The molecule has 1 aromatic rings. The van der Waals surface area contributed by atoms with Crippen molar-refractivity contribution in [3.63, 3.8) is 0 Å². The third kappa shape index (κ3) is 4.39. The Bertz CT molecular complexity index is 695. The number of hydrogen-bond donors (Lipinski definition) is 1. The zero-order valence-corrected chi connectivity index (χ0v) is 14.6. The lowest BCUT2D eigenvalue weighted by Gasteiger charge is -2.37. The fourth-order valence-electron chi connectivity index (χ4n) is 2.82. The van der Waals surface area contributed by atoms with Crippen LogP contribution in [0.25, 0.3) is 0 Å². The normalized spacial score (nSPS) is 21.5. The molecule has 0 aliphatic carbocycles. The van der Waals surface area contributed by atoms with Crippen LogP contribution in [0.1, 0.15) is 26.7 Å². The van der Waals surface area contributed by atoms with Crippen LogP contribution >= 0.6 is 11.6 Å². The molecule has 3 atom stereocenters. The maximum atomic E-state index is 12.6. The lowest BCUT2D eigenvalue weighted by atomic mass is 9.93. The zero-order chi connectivity index (χ0) is 18.7. The van der Waals surface area contributed by atoms with E-state index < -0.39 is 28.8 Å². The van der Waals surface area contributed by atoms with Gasteiger partial charge < -0.3 is 14.7 Å². The minimum Gasteiger partial charge on any atom is -0.481 e. The number of carboxylic acids is 1. The Kier molecular flexibility index (Phi) is 5.84. The summed E-state index contributed by atoms with van der Waals surface area (Å²) in [6.07, 6.45) is 0.101. The van der Waals surface area contributed by atoms with Gasteiger partial charge in [0.25, 0.3) is 5.91 Å². The van der Waals surface area contributed by atoms with Gasteiger partial charge in [0, 0.05) is 23.7 Å². The number of nitro groups is 1. The van der Waals surface area contributed by atoms with Crippen molar-refractivity contribution in [3.8, 4) is 5.75 Å². The summed E-state index contributed by atoms with van der Waals surface area (Å²) in [6.45, 7) is 3.43. The van der Waals surface area contributed by atoms with Gasteiger partial charge in [0.05, 0.1) is 10.8 Å². The van der Waals surface area contributed by atoms with Crippen molar-refractivity contribution in [2.24, 2.45) is 5.92 Å². The van der Waals surface area contributed by atoms with Crippen molar-refractivity contribution in [1.29, 1.82) is 0 Å². The fraction of sp³-hybridized carbons (Fsp3) is 0.500. The molecule has 1 aliphatic heterocycles. The van der Waals surface area contributed by atoms with Gasteiger partial charge in [-0.3, -0.25) is 19.7 Å². The summed E-state index contributed by atoms with van der Waals surface area (Å²) < 4.78 is 5.48. The molecule has 1 amide bonds. The molecule has 25 heavy (non-hydrogen) atoms. The van der Waals surface area contributed by atoms with E-state index in [0.717, 1.165) is 6.07 Å². The minimum atomic E-state index is -0.991. The van der Waals surface area contributed by atoms with E-state index in [9.17, 15) is 19.7 Å². The van der Waals surface area contributed by atoms with Gasteiger partial charge >= 0.3 is 11.7 Å². The van der Waals surface area contributed by atoms with E-state index in [-0.39, 0.29) is 29.0 Å². The van der Waals surface area contributed by atoms with E-state index in [1.54, 1.807) is 0 Å². The third-order valence-electron chi connectivity index (χ3n) is 4.28. The summed E-state index contributed by atoms with van der Waals surface area (Å²) in [5.74, 6) is -2.01. The third-order valence-corrected chi connectivity index (χ3v) is 4.52.